The Morgan fingerprint density at radius 3 is 2.73 bits per heavy atom. The maximum atomic E-state index is 10.8. The van der Waals surface area contributed by atoms with E-state index in [0.29, 0.717) is 5.39 Å². The number of nitro groups is 1. The quantitative estimate of drug-likeness (QED) is 0.571. The van der Waals surface area contributed by atoms with Crippen LogP contribution in [0.1, 0.15) is 0 Å². The summed E-state index contributed by atoms with van der Waals surface area (Å²) in [5.41, 5.74) is -0.102. The van der Waals surface area contributed by atoms with Gasteiger partial charge in [0.15, 0.2) is 0 Å². The first kappa shape index (κ1) is 9.20. The fourth-order valence-corrected chi connectivity index (χ4v) is 1.48. The first-order valence-corrected chi connectivity index (χ1v) is 4.09. The second-order valence-electron chi connectivity index (χ2n) is 2.94. The van der Waals surface area contributed by atoms with Gasteiger partial charge in [-0.1, -0.05) is 12.1 Å². The highest BCUT2D eigenvalue weighted by Crippen LogP contribution is 2.25. The minimum absolute atomic E-state index is 0.106. The van der Waals surface area contributed by atoms with E-state index in [9.17, 15) is 14.9 Å². The molecule has 15 heavy (non-hydrogen) atoms. The summed E-state index contributed by atoms with van der Waals surface area (Å²) in [6.07, 6.45) is 0.0549. The van der Waals surface area contributed by atoms with Gasteiger partial charge in [-0.3, -0.25) is 10.1 Å². The Labute approximate surface area is 83.5 Å². The average molecular weight is 206 g/mol. The number of rotatable bonds is 1. The lowest BCUT2D eigenvalue weighted by Gasteiger charge is -1.98. The maximum Gasteiger partial charge on any atom is 0.416 e. The third kappa shape index (κ3) is 1.32. The van der Waals surface area contributed by atoms with Crippen molar-refractivity contribution in [2.45, 2.75) is 0 Å². The number of nitro benzene ring substituents is 1. The Morgan fingerprint density at radius 2 is 2.13 bits per heavy atom. The lowest BCUT2D eigenvalue weighted by atomic mass is 10.2. The van der Waals surface area contributed by atoms with Crippen molar-refractivity contribution in [2.75, 3.05) is 0 Å². The molecule has 0 radical (unpaired) electrons. The van der Waals surface area contributed by atoms with Crippen LogP contribution in [-0.4, -0.2) is 20.7 Å². The second kappa shape index (κ2) is 3.09. The molecule has 0 aliphatic rings. The van der Waals surface area contributed by atoms with Crippen molar-refractivity contribution >= 4 is 22.7 Å². The van der Waals surface area contributed by atoms with E-state index < -0.39 is 11.0 Å². The van der Waals surface area contributed by atoms with E-state index in [1.165, 1.54) is 24.4 Å². The standard InChI is InChI=1S/C9H6N2O4/c12-9(13)10-5-4-6-2-1-3-7(8(6)10)11(14)15/h1-5H,(H,12,13). The maximum absolute atomic E-state index is 10.8. The summed E-state index contributed by atoms with van der Waals surface area (Å²) in [6.45, 7) is 0. The Hall–Kier alpha value is -2.37. The molecule has 2 rings (SSSR count). The number of nitrogens with zero attached hydrogens (tertiary/aromatic N) is 2. The molecule has 0 spiro atoms. The van der Waals surface area contributed by atoms with Crippen molar-refractivity contribution < 1.29 is 14.8 Å². The van der Waals surface area contributed by atoms with E-state index >= 15 is 0 Å². The van der Waals surface area contributed by atoms with Crippen LogP contribution >= 0.6 is 0 Å². The number of benzene rings is 1. The predicted octanol–water partition coefficient (Wildman–Crippen LogP) is 2.08. The molecule has 6 heteroatoms. The van der Waals surface area contributed by atoms with E-state index in [1.807, 2.05) is 0 Å². The number of fused-ring (bicyclic) bond motifs is 1. The van der Waals surface area contributed by atoms with E-state index in [4.69, 9.17) is 5.11 Å². The van der Waals surface area contributed by atoms with Crippen LogP contribution in [0.4, 0.5) is 10.5 Å². The van der Waals surface area contributed by atoms with Gasteiger partial charge >= 0.3 is 6.09 Å². The number of non-ortho nitro benzene ring substituents is 1. The smallest absolute Gasteiger partial charge is 0.416 e. The van der Waals surface area contributed by atoms with Gasteiger partial charge in [0.1, 0.15) is 5.52 Å². The Bertz CT molecular complexity index is 558. The van der Waals surface area contributed by atoms with Gasteiger partial charge in [0.2, 0.25) is 0 Å². The summed E-state index contributed by atoms with van der Waals surface area (Å²) >= 11 is 0. The van der Waals surface area contributed by atoms with Crippen LogP contribution < -0.4 is 0 Å². The second-order valence-corrected chi connectivity index (χ2v) is 2.94. The minimum Gasteiger partial charge on any atom is -0.464 e. The van der Waals surface area contributed by atoms with Gasteiger partial charge in [-0.2, -0.15) is 0 Å². The summed E-state index contributed by atoms with van der Waals surface area (Å²) < 4.78 is 0.841. The normalized spacial score (nSPS) is 10.4. The van der Waals surface area contributed by atoms with Crippen LogP contribution in [0.5, 0.6) is 0 Å². The number of aromatic nitrogens is 1. The molecule has 76 valence electrons. The van der Waals surface area contributed by atoms with Gasteiger partial charge in [-0.05, 0) is 6.07 Å². The molecule has 0 aliphatic heterocycles. The third-order valence-electron chi connectivity index (χ3n) is 2.09. The zero-order valence-electron chi connectivity index (χ0n) is 7.45. The molecule has 1 N–H and O–H groups in total. The van der Waals surface area contributed by atoms with Gasteiger partial charge in [-0.15, -0.1) is 0 Å². The molecular formula is C9H6N2O4. The third-order valence-corrected chi connectivity index (χ3v) is 2.09. The van der Waals surface area contributed by atoms with Crippen LogP contribution in [0, 0.1) is 10.1 Å². The van der Waals surface area contributed by atoms with Crippen LogP contribution in [-0.2, 0) is 0 Å². The molecule has 0 fully saturated rings. The summed E-state index contributed by atoms with van der Waals surface area (Å²) in [4.78, 5) is 20.9. The van der Waals surface area contributed by atoms with Crippen molar-refractivity contribution in [1.82, 2.24) is 4.57 Å². The molecule has 0 bridgehead atoms. The fraction of sp³-hybridized carbons (Fsp3) is 0. The van der Waals surface area contributed by atoms with Gasteiger partial charge in [0.05, 0.1) is 4.92 Å². The molecule has 0 saturated carbocycles. The zero-order valence-corrected chi connectivity index (χ0v) is 7.45. The highest BCUT2D eigenvalue weighted by atomic mass is 16.6. The fourth-order valence-electron chi connectivity index (χ4n) is 1.48. The highest BCUT2D eigenvalue weighted by Gasteiger charge is 2.17. The molecule has 1 heterocycles. The van der Waals surface area contributed by atoms with Gasteiger partial charge in [-0.25, -0.2) is 9.36 Å². The summed E-state index contributed by atoms with van der Waals surface area (Å²) in [5.74, 6) is 0. The van der Waals surface area contributed by atoms with Crippen molar-refractivity contribution in [2.24, 2.45) is 0 Å². The van der Waals surface area contributed by atoms with E-state index in [0.717, 1.165) is 4.57 Å². The Balaban J connectivity index is 2.86. The van der Waals surface area contributed by atoms with Gasteiger partial charge in [0.25, 0.3) is 5.69 Å². The Kier molecular flexibility index (Phi) is 1.89. The van der Waals surface area contributed by atoms with E-state index in [2.05, 4.69) is 0 Å². The molecule has 0 saturated heterocycles. The molecule has 1 aromatic carbocycles. The first-order chi connectivity index (χ1) is 7.11. The van der Waals surface area contributed by atoms with E-state index in [1.54, 1.807) is 6.07 Å². The van der Waals surface area contributed by atoms with Crippen molar-refractivity contribution in [3.05, 3.63) is 40.6 Å². The van der Waals surface area contributed by atoms with Crippen LogP contribution in [0.25, 0.3) is 10.9 Å². The lowest BCUT2D eigenvalue weighted by Crippen LogP contribution is -2.07. The Morgan fingerprint density at radius 1 is 1.40 bits per heavy atom. The summed E-state index contributed by atoms with van der Waals surface area (Å²) in [6, 6.07) is 5.95. The summed E-state index contributed by atoms with van der Waals surface area (Å²) in [7, 11) is 0. The molecule has 0 aliphatic carbocycles. The molecule has 0 amide bonds. The number of para-hydroxylation sites is 1. The van der Waals surface area contributed by atoms with Crippen molar-refractivity contribution in [3.8, 4) is 0 Å². The summed E-state index contributed by atoms with van der Waals surface area (Å²) in [5, 5.41) is 20.0. The lowest BCUT2D eigenvalue weighted by molar-refractivity contribution is -0.383. The van der Waals surface area contributed by atoms with Gasteiger partial charge < -0.3 is 5.11 Å². The van der Waals surface area contributed by atoms with E-state index in [-0.39, 0.29) is 11.2 Å². The van der Waals surface area contributed by atoms with Gasteiger partial charge in [0, 0.05) is 17.6 Å². The minimum atomic E-state index is -1.24. The largest absolute Gasteiger partial charge is 0.464 e. The van der Waals surface area contributed by atoms with Crippen LogP contribution in [0.15, 0.2) is 30.5 Å². The van der Waals surface area contributed by atoms with Crippen molar-refractivity contribution in [1.29, 1.82) is 0 Å². The molecule has 2 aromatic rings. The first-order valence-electron chi connectivity index (χ1n) is 4.09. The average Bonchev–Trinajstić information content (AvgIpc) is 2.60. The van der Waals surface area contributed by atoms with Crippen LogP contribution in [0.3, 0.4) is 0 Å². The molecule has 0 unspecified atom stereocenters. The molecular weight excluding hydrogens is 200 g/mol. The number of hydrogen-bond acceptors (Lipinski definition) is 3. The molecule has 0 atom stereocenters. The van der Waals surface area contributed by atoms with Crippen molar-refractivity contribution in [3.63, 3.8) is 0 Å². The number of carbonyl (C=O) groups is 1. The predicted molar refractivity (Wildman–Crippen MR) is 52.0 cm³/mol. The van der Waals surface area contributed by atoms with Crippen LogP contribution in [0.2, 0.25) is 0 Å². The monoisotopic (exact) mass is 206 g/mol. The zero-order chi connectivity index (χ0) is 11.0. The topological polar surface area (TPSA) is 85.4 Å². The molecule has 1 aromatic heterocycles. The number of carboxylic acid groups (broad SMARTS) is 1. The molecule has 6 nitrogen and oxygen atoms in total. The number of hydrogen-bond donors (Lipinski definition) is 1. The SMILES string of the molecule is O=C(O)n1ccc2cccc([N+](=O)[O-])c21. The highest BCUT2D eigenvalue weighted by molar-refractivity contribution is 5.94.